The molecule has 1 aliphatic rings. The first-order valence-electron chi connectivity index (χ1n) is 3.76. The first-order valence-corrected chi connectivity index (χ1v) is 3.76. The van der Waals surface area contributed by atoms with Crippen molar-refractivity contribution >= 4 is 5.82 Å². The number of aromatic amines is 1. The van der Waals surface area contributed by atoms with Gasteiger partial charge in [-0.3, -0.25) is 5.10 Å². The Balaban J connectivity index is 2.20. The molecule has 12 heavy (non-hydrogen) atoms. The fourth-order valence-corrected chi connectivity index (χ4v) is 1.34. The van der Waals surface area contributed by atoms with E-state index in [0.29, 0.717) is 5.69 Å². The number of halogens is 1. The zero-order valence-corrected chi connectivity index (χ0v) is 6.67. The summed E-state index contributed by atoms with van der Waals surface area (Å²) in [6.45, 7) is 0. The van der Waals surface area contributed by atoms with Crippen molar-refractivity contribution in [3.05, 3.63) is 11.5 Å². The zero-order valence-electron chi connectivity index (χ0n) is 6.67. The van der Waals surface area contributed by atoms with Gasteiger partial charge in [0.25, 0.3) is 0 Å². The summed E-state index contributed by atoms with van der Waals surface area (Å²) in [5.74, 6) is -0.383. The summed E-state index contributed by atoms with van der Waals surface area (Å²) >= 11 is 0. The molecule has 1 aliphatic carbocycles. The average Bonchev–Trinajstić information content (AvgIpc) is 2.77. The van der Waals surface area contributed by atoms with Crippen molar-refractivity contribution in [2.75, 3.05) is 12.8 Å². The van der Waals surface area contributed by atoms with Crippen molar-refractivity contribution in [3.63, 3.8) is 0 Å². The third-order valence-electron chi connectivity index (χ3n) is 2.16. The number of nitrogens with zero attached hydrogens (tertiary/aromatic N) is 1. The molecule has 0 spiro atoms. The summed E-state index contributed by atoms with van der Waals surface area (Å²) in [7, 11) is 1.61. The number of H-pyrrole nitrogens is 1. The fraction of sp³-hybridized carbons (Fsp3) is 0.571. The second-order valence-electron chi connectivity index (χ2n) is 2.95. The Morgan fingerprint density at radius 3 is 2.92 bits per heavy atom. The van der Waals surface area contributed by atoms with Crippen molar-refractivity contribution in [1.82, 2.24) is 10.2 Å². The lowest BCUT2D eigenvalue weighted by molar-refractivity contribution is 0.177. The summed E-state index contributed by atoms with van der Waals surface area (Å²) in [5.41, 5.74) is 5.71. The highest BCUT2D eigenvalue weighted by molar-refractivity contribution is 5.35. The molecule has 2 rings (SSSR count). The standard InChI is InChI=1S/C7H10FN3O/c1-12-4-2-3(4)6-5(8)7(9)11-10-6/h3-4H,2H2,1H3,(H3,9,10,11). The zero-order chi connectivity index (χ0) is 8.72. The van der Waals surface area contributed by atoms with Gasteiger partial charge in [0.2, 0.25) is 0 Å². The number of nitrogen functional groups attached to an aromatic ring is 1. The number of nitrogens with one attached hydrogen (secondary N) is 1. The summed E-state index contributed by atoms with van der Waals surface area (Å²) < 4.78 is 18.1. The van der Waals surface area contributed by atoms with Crippen LogP contribution in [-0.2, 0) is 4.74 Å². The van der Waals surface area contributed by atoms with Gasteiger partial charge in [0.1, 0.15) is 0 Å². The summed E-state index contributed by atoms with van der Waals surface area (Å²) in [6, 6.07) is 0. The molecule has 0 saturated heterocycles. The molecule has 0 radical (unpaired) electrons. The monoisotopic (exact) mass is 171 g/mol. The Morgan fingerprint density at radius 2 is 2.50 bits per heavy atom. The highest BCUT2D eigenvalue weighted by Gasteiger charge is 2.42. The van der Waals surface area contributed by atoms with Crippen molar-refractivity contribution in [3.8, 4) is 0 Å². The number of rotatable bonds is 2. The van der Waals surface area contributed by atoms with E-state index in [1.165, 1.54) is 0 Å². The number of hydrogen-bond acceptors (Lipinski definition) is 3. The minimum absolute atomic E-state index is 0.0632. The Hall–Kier alpha value is -1.10. The predicted octanol–water partition coefficient (Wildman–Crippen LogP) is 0.633. The first kappa shape index (κ1) is 7.54. The van der Waals surface area contributed by atoms with Gasteiger partial charge in [-0.2, -0.15) is 5.10 Å². The molecule has 1 aromatic heterocycles. The molecule has 3 N–H and O–H groups in total. The van der Waals surface area contributed by atoms with Gasteiger partial charge >= 0.3 is 0 Å². The van der Waals surface area contributed by atoms with Gasteiger partial charge in [-0.05, 0) is 6.42 Å². The second kappa shape index (κ2) is 2.45. The van der Waals surface area contributed by atoms with Gasteiger partial charge in [-0.1, -0.05) is 0 Å². The molecule has 1 aromatic rings. The van der Waals surface area contributed by atoms with Crippen LogP contribution in [0.25, 0.3) is 0 Å². The Bertz CT molecular complexity index is 299. The highest BCUT2D eigenvalue weighted by atomic mass is 19.1. The van der Waals surface area contributed by atoms with E-state index in [9.17, 15) is 4.39 Å². The minimum atomic E-state index is -0.431. The van der Waals surface area contributed by atoms with Crippen molar-refractivity contribution in [2.45, 2.75) is 18.4 Å². The molecular formula is C7H10FN3O. The first-order chi connectivity index (χ1) is 5.74. The van der Waals surface area contributed by atoms with Gasteiger partial charge in [0, 0.05) is 13.0 Å². The van der Waals surface area contributed by atoms with Gasteiger partial charge in [-0.25, -0.2) is 4.39 Å². The molecule has 0 aliphatic heterocycles. The van der Waals surface area contributed by atoms with Crippen LogP contribution in [0.15, 0.2) is 0 Å². The molecule has 1 fully saturated rings. The molecule has 2 atom stereocenters. The number of aromatic nitrogens is 2. The van der Waals surface area contributed by atoms with Crippen LogP contribution in [0, 0.1) is 5.82 Å². The topological polar surface area (TPSA) is 63.9 Å². The molecule has 4 nitrogen and oxygen atoms in total. The van der Waals surface area contributed by atoms with E-state index in [2.05, 4.69) is 10.2 Å². The molecule has 1 heterocycles. The number of anilines is 1. The Morgan fingerprint density at radius 1 is 1.75 bits per heavy atom. The van der Waals surface area contributed by atoms with E-state index in [4.69, 9.17) is 10.5 Å². The van der Waals surface area contributed by atoms with Crippen molar-refractivity contribution in [2.24, 2.45) is 0 Å². The SMILES string of the molecule is COC1CC1c1[nH]nc(N)c1F. The molecule has 0 amide bonds. The Labute approximate surface area is 68.9 Å². The number of methoxy groups -OCH3 is 1. The van der Waals surface area contributed by atoms with Crippen LogP contribution in [0.2, 0.25) is 0 Å². The normalized spacial score (nSPS) is 27.5. The Kier molecular flexibility index (Phi) is 1.54. The third-order valence-corrected chi connectivity index (χ3v) is 2.16. The summed E-state index contributed by atoms with van der Waals surface area (Å²) in [5, 5.41) is 6.14. The molecule has 66 valence electrons. The minimum Gasteiger partial charge on any atom is -0.381 e. The van der Waals surface area contributed by atoms with Crippen LogP contribution >= 0.6 is 0 Å². The molecule has 1 saturated carbocycles. The van der Waals surface area contributed by atoms with Gasteiger partial charge in [-0.15, -0.1) is 0 Å². The maximum Gasteiger partial charge on any atom is 0.188 e. The molecule has 5 heteroatoms. The number of nitrogens with two attached hydrogens (primary N) is 1. The smallest absolute Gasteiger partial charge is 0.188 e. The van der Waals surface area contributed by atoms with E-state index in [-0.39, 0.29) is 17.8 Å². The quantitative estimate of drug-likeness (QED) is 0.686. The maximum absolute atomic E-state index is 13.1. The number of ether oxygens (including phenoxy) is 1. The van der Waals surface area contributed by atoms with Crippen LogP contribution in [-0.4, -0.2) is 23.4 Å². The van der Waals surface area contributed by atoms with Gasteiger partial charge < -0.3 is 10.5 Å². The van der Waals surface area contributed by atoms with Crippen LogP contribution in [0.4, 0.5) is 10.2 Å². The molecule has 0 bridgehead atoms. The van der Waals surface area contributed by atoms with Crippen LogP contribution in [0.3, 0.4) is 0 Å². The lowest BCUT2D eigenvalue weighted by atomic mass is 10.3. The van der Waals surface area contributed by atoms with E-state index in [0.717, 1.165) is 6.42 Å². The summed E-state index contributed by atoms with van der Waals surface area (Å²) in [6.07, 6.45) is 0.967. The van der Waals surface area contributed by atoms with Gasteiger partial charge in [0.15, 0.2) is 11.6 Å². The molecule has 2 unspecified atom stereocenters. The summed E-state index contributed by atoms with van der Waals surface area (Å²) in [4.78, 5) is 0. The highest BCUT2D eigenvalue weighted by Crippen LogP contribution is 2.43. The fourth-order valence-electron chi connectivity index (χ4n) is 1.34. The second-order valence-corrected chi connectivity index (χ2v) is 2.95. The van der Waals surface area contributed by atoms with E-state index in [1.807, 2.05) is 0 Å². The van der Waals surface area contributed by atoms with Crippen LogP contribution < -0.4 is 5.73 Å². The average molecular weight is 171 g/mol. The van der Waals surface area contributed by atoms with E-state index >= 15 is 0 Å². The van der Waals surface area contributed by atoms with Crippen molar-refractivity contribution < 1.29 is 9.13 Å². The van der Waals surface area contributed by atoms with E-state index in [1.54, 1.807) is 7.11 Å². The van der Waals surface area contributed by atoms with Crippen LogP contribution in [0.1, 0.15) is 18.0 Å². The molecule has 0 aromatic carbocycles. The van der Waals surface area contributed by atoms with Crippen molar-refractivity contribution in [1.29, 1.82) is 0 Å². The van der Waals surface area contributed by atoms with Gasteiger partial charge in [0.05, 0.1) is 11.8 Å². The van der Waals surface area contributed by atoms with E-state index < -0.39 is 5.82 Å². The largest absolute Gasteiger partial charge is 0.381 e. The molecular weight excluding hydrogens is 161 g/mol. The maximum atomic E-state index is 13.1. The number of hydrogen-bond donors (Lipinski definition) is 2. The lowest BCUT2D eigenvalue weighted by Crippen LogP contribution is -1.94. The third kappa shape index (κ3) is 0.972. The van der Waals surface area contributed by atoms with Crippen LogP contribution in [0.5, 0.6) is 0 Å². The predicted molar refractivity (Wildman–Crippen MR) is 41.1 cm³/mol. The lowest BCUT2D eigenvalue weighted by Gasteiger charge is -1.93.